The summed E-state index contributed by atoms with van der Waals surface area (Å²) in [6.07, 6.45) is 1.44. The summed E-state index contributed by atoms with van der Waals surface area (Å²) in [5, 5.41) is 5.12. The van der Waals surface area contributed by atoms with Crippen molar-refractivity contribution in [3.05, 3.63) is 76.2 Å². The van der Waals surface area contributed by atoms with Gasteiger partial charge in [-0.25, -0.2) is 13.4 Å². The van der Waals surface area contributed by atoms with Crippen LogP contribution in [0.2, 0.25) is 0 Å². The van der Waals surface area contributed by atoms with Crippen molar-refractivity contribution in [1.82, 2.24) is 9.55 Å². The molecule has 0 saturated heterocycles. The number of aromatic nitrogens is 2. The van der Waals surface area contributed by atoms with Crippen molar-refractivity contribution in [3.63, 3.8) is 0 Å². The van der Waals surface area contributed by atoms with E-state index in [4.69, 9.17) is 0 Å². The number of hydrogen-bond donors (Lipinski definition) is 1. The second-order valence-corrected chi connectivity index (χ2v) is 10.7. The van der Waals surface area contributed by atoms with E-state index in [1.54, 1.807) is 25.1 Å². The lowest BCUT2D eigenvalue weighted by Gasteiger charge is -2.11. The third-order valence-corrected chi connectivity index (χ3v) is 8.05. The number of para-hydroxylation sites is 1. The maximum atomic E-state index is 13.2. The van der Waals surface area contributed by atoms with E-state index in [0.717, 1.165) is 16.7 Å². The second kappa shape index (κ2) is 9.29. The molecule has 0 aliphatic rings. The number of fused-ring (bicyclic) bond motifs is 1. The van der Waals surface area contributed by atoms with Gasteiger partial charge in [0.1, 0.15) is 4.83 Å². The maximum absolute atomic E-state index is 13.2. The summed E-state index contributed by atoms with van der Waals surface area (Å²) in [6, 6.07) is 14.2. The highest BCUT2D eigenvalue weighted by molar-refractivity contribution is 7.91. The molecule has 0 fully saturated rings. The molecule has 33 heavy (non-hydrogen) atoms. The molecule has 4 rings (SSSR count). The van der Waals surface area contributed by atoms with Crippen LogP contribution < -0.4 is 10.9 Å². The van der Waals surface area contributed by atoms with Crippen LogP contribution in [-0.2, 0) is 21.2 Å². The van der Waals surface area contributed by atoms with Gasteiger partial charge in [0, 0.05) is 23.9 Å². The van der Waals surface area contributed by atoms with Gasteiger partial charge in [0.25, 0.3) is 5.56 Å². The first kappa shape index (κ1) is 22.9. The molecule has 0 saturated carbocycles. The molecule has 0 bridgehead atoms. The Morgan fingerprint density at radius 1 is 1.12 bits per heavy atom. The highest BCUT2D eigenvalue weighted by Crippen LogP contribution is 2.30. The van der Waals surface area contributed by atoms with Gasteiger partial charge < -0.3 is 5.32 Å². The van der Waals surface area contributed by atoms with E-state index in [-0.39, 0.29) is 40.8 Å². The molecule has 2 aromatic heterocycles. The Kier molecular flexibility index (Phi) is 6.44. The van der Waals surface area contributed by atoms with E-state index >= 15 is 0 Å². The van der Waals surface area contributed by atoms with E-state index in [0.29, 0.717) is 10.2 Å². The zero-order valence-electron chi connectivity index (χ0n) is 18.2. The molecular weight excluding hydrogens is 458 g/mol. The van der Waals surface area contributed by atoms with Gasteiger partial charge in [0.15, 0.2) is 9.84 Å². The van der Waals surface area contributed by atoms with Gasteiger partial charge in [-0.05, 0) is 24.6 Å². The number of thiophene rings is 1. The van der Waals surface area contributed by atoms with E-state index in [1.807, 2.05) is 36.6 Å². The highest BCUT2D eigenvalue weighted by Gasteiger charge is 2.18. The van der Waals surface area contributed by atoms with Crippen molar-refractivity contribution in [2.45, 2.75) is 31.7 Å². The molecule has 170 valence electrons. The molecule has 2 heterocycles. The molecule has 9 heteroatoms. The first-order chi connectivity index (χ1) is 15.8. The van der Waals surface area contributed by atoms with Crippen LogP contribution in [0.1, 0.15) is 18.9 Å². The summed E-state index contributed by atoms with van der Waals surface area (Å²) in [6.45, 7) is 3.68. The lowest BCUT2D eigenvalue weighted by molar-refractivity contribution is -0.116. The molecule has 0 spiro atoms. The number of anilines is 1. The van der Waals surface area contributed by atoms with Crippen LogP contribution in [-0.4, -0.2) is 29.6 Å². The predicted molar refractivity (Wildman–Crippen MR) is 131 cm³/mol. The van der Waals surface area contributed by atoms with Crippen molar-refractivity contribution in [2.24, 2.45) is 0 Å². The predicted octanol–water partition coefficient (Wildman–Crippen LogP) is 4.26. The molecule has 0 unspecified atom stereocenters. The fourth-order valence-corrected chi connectivity index (χ4v) is 5.46. The molecule has 0 radical (unpaired) electrons. The van der Waals surface area contributed by atoms with Crippen LogP contribution in [0.5, 0.6) is 0 Å². The van der Waals surface area contributed by atoms with Gasteiger partial charge in [0.2, 0.25) is 5.91 Å². The van der Waals surface area contributed by atoms with Crippen LogP contribution >= 0.6 is 11.3 Å². The van der Waals surface area contributed by atoms with Crippen molar-refractivity contribution in [2.75, 3.05) is 11.1 Å². The molecule has 4 aromatic rings. The van der Waals surface area contributed by atoms with Crippen molar-refractivity contribution < 1.29 is 13.2 Å². The smallest absolute Gasteiger partial charge is 0.262 e. The number of carbonyl (C=O) groups is 1. The molecule has 1 amide bonds. The van der Waals surface area contributed by atoms with Gasteiger partial charge in [-0.3, -0.25) is 14.2 Å². The quantitative estimate of drug-likeness (QED) is 0.425. The zero-order chi connectivity index (χ0) is 23.6. The van der Waals surface area contributed by atoms with Crippen molar-refractivity contribution in [3.8, 4) is 11.1 Å². The van der Waals surface area contributed by atoms with Crippen LogP contribution in [0, 0.1) is 6.92 Å². The van der Waals surface area contributed by atoms with Crippen molar-refractivity contribution >= 4 is 43.0 Å². The topological polar surface area (TPSA) is 98.1 Å². The van der Waals surface area contributed by atoms with E-state index in [9.17, 15) is 18.0 Å². The molecule has 0 atom stereocenters. The lowest BCUT2D eigenvalue weighted by atomic mass is 10.1. The van der Waals surface area contributed by atoms with Crippen molar-refractivity contribution in [1.29, 1.82) is 0 Å². The molecule has 2 aromatic carbocycles. The number of aryl methyl sites for hydroxylation is 2. The van der Waals surface area contributed by atoms with E-state index in [2.05, 4.69) is 10.3 Å². The number of nitrogens with one attached hydrogen (secondary N) is 1. The van der Waals surface area contributed by atoms with E-state index in [1.165, 1.54) is 28.3 Å². The third kappa shape index (κ3) is 4.74. The number of nitrogens with zero attached hydrogens (tertiary/aromatic N) is 2. The second-order valence-electron chi connectivity index (χ2n) is 7.64. The van der Waals surface area contributed by atoms with Crippen LogP contribution in [0.25, 0.3) is 21.3 Å². The van der Waals surface area contributed by atoms with E-state index < -0.39 is 9.84 Å². The average molecular weight is 482 g/mol. The Morgan fingerprint density at radius 2 is 1.85 bits per heavy atom. The summed E-state index contributed by atoms with van der Waals surface area (Å²) < 4.78 is 26.0. The van der Waals surface area contributed by atoms with Gasteiger partial charge >= 0.3 is 0 Å². The fraction of sp³-hybridized carbons (Fsp3) is 0.208. The number of rotatable bonds is 7. The van der Waals surface area contributed by atoms with Gasteiger partial charge in [-0.15, -0.1) is 11.3 Å². The van der Waals surface area contributed by atoms with Gasteiger partial charge in [-0.2, -0.15) is 0 Å². The minimum atomic E-state index is -3.48. The Balaban J connectivity index is 1.56. The molecule has 0 aliphatic heterocycles. The minimum absolute atomic E-state index is 0.00238. The Hall–Kier alpha value is -3.30. The Bertz CT molecular complexity index is 1490. The largest absolute Gasteiger partial charge is 0.325 e. The monoisotopic (exact) mass is 481 g/mol. The number of sulfone groups is 1. The SMILES string of the molecule is CCS(=O)(=O)c1ccccc1NC(=O)CCn1cnc2scc(-c3ccc(C)cc3)c2c1=O. The molecule has 0 aliphatic carbocycles. The minimum Gasteiger partial charge on any atom is -0.325 e. The first-order valence-corrected chi connectivity index (χ1v) is 13.0. The summed E-state index contributed by atoms with van der Waals surface area (Å²) in [5.41, 5.74) is 2.93. The molecule has 7 nitrogen and oxygen atoms in total. The van der Waals surface area contributed by atoms with Crippen LogP contribution in [0.15, 0.2) is 69.9 Å². The number of amides is 1. The normalized spacial score (nSPS) is 11.6. The van der Waals surface area contributed by atoms with Gasteiger partial charge in [-0.1, -0.05) is 48.9 Å². The number of benzene rings is 2. The summed E-state index contributed by atoms with van der Waals surface area (Å²) in [4.78, 5) is 30.9. The highest BCUT2D eigenvalue weighted by atomic mass is 32.2. The van der Waals surface area contributed by atoms with Gasteiger partial charge in [0.05, 0.1) is 28.0 Å². The standard InChI is InChI=1S/C24H23N3O4S2/c1-3-33(30,31)20-7-5-4-6-19(20)26-21(28)12-13-27-15-25-23-22(24(27)29)18(14-32-23)17-10-8-16(2)9-11-17/h4-11,14-15H,3,12-13H2,1-2H3,(H,26,28). The Morgan fingerprint density at radius 3 is 2.58 bits per heavy atom. The number of carbonyl (C=O) groups excluding carboxylic acids is 1. The first-order valence-electron chi connectivity index (χ1n) is 10.5. The molecular formula is C24H23N3O4S2. The summed E-state index contributed by atoms with van der Waals surface area (Å²) in [5.74, 6) is -0.449. The maximum Gasteiger partial charge on any atom is 0.262 e. The average Bonchev–Trinajstić information content (AvgIpc) is 3.24. The third-order valence-electron chi connectivity index (χ3n) is 5.38. The fourth-order valence-electron chi connectivity index (χ4n) is 3.50. The Labute approximate surface area is 195 Å². The number of hydrogen-bond acceptors (Lipinski definition) is 6. The molecule has 1 N–H and O–H groups in total. The zero-order valence-corrected chi connectivity index (χ0v) is 19.9. The van der Waals surface area contributed by atoms with Crippen LogP contribution in [0.3, 0.4) is 0 Å². The summed E-state index contributed by atoms with van der Waals surface area (Å²) >= 11 is 1.41. The van der Waals surface area contributed by atoms with Crippen LogP contribution in [0.4, 0.5) is 5.69 Å². The summed E-state index contributed by atoms with van der Waals surface area (Å²) in [7, 11) is -3.48. The lowest BCUT2D eigenvalue weighted by Crippen LogP contribution is -2.24.